The molecule has 1 aliphatic rings. The summed E-state index contributed by atoms with van der Waals surface area (Å²) in [5.74, 6) is 0.328. The maximum absolute atomic E-state index is 12.4. The Hall–Kier alpha value is -0.230. The molecule has 1 aromatic rings. The van der Waals surface area contributed by atoms with Crippen LogP contribution in [0.5, 0.6) is 0 Å². The van der Waals surface area contributed by atoms with Gasteiger partial charge in [0, 0.05) is 22.3 Å². The lowest BCUT2D eigenvalue weighted by atomic mass is 10.1. The van der Waals surface area contributed by atoms with Gasteiger partial charge in [-0.3, -0.25) is 9.69 Å². The van der Waals surface area contributed by atoms with Crippen molar-refractivity contribution >= 4 is 33.0 Å². The topological polar surface area (TPSA) is 23.6 Å². The van der Waals surface area contributed by atoms with Crippen LogP contribution < -0.4 is 0 Å². The number of rotatable bonds is 3. The van der Waals surface area contributed by atoms with E-state index in [1.807, 2.05) is 11.4 Å². The molecule has 0 spiro atoms. The van der Waals surface area contributed by atoms with Gasteiger partial charge in [-0.2, -0.15) is 0 Å². The molecular weight excluding hydrogens is 312 g/mol. The maximum Gasteiger partial charge on any atom is 0.156 e. The summed E-state index contributed by atoms with van der Waals surface area (Å²) in [6, 6.07) is 2.04. The number of hydrogen-bond acceptors (Lipinski definition) is 4. The van der Waals surface area contributed by atoms with Gasteiger partial charge in [0.2, 0.25) is 0 Å². The van der Waals surface area contributed by atoms with Crippen molar-refractivity contribution in [1.82, 2.24) is 9.80 Å². The third-order valence-electron chi connectivity index (χ3n) is 3.46. The van der Waals surface area contributed by atoms with Crippen LogP contribution in [0, 0.1) is 0 Å². The van der Waals surface area contributed by atoms with Crippen molar-refractivity contribution in [1.29, 1.82) is 0 Å². The van der Waals surface area contributed by atoms with Gasteiger partial charge in [-0.25, -0.2) is 0 Å². The van der Waals surface area contributed by atoms with Crippen molar-refractivity contribution in [3.05, 3.63) is 20.8 Å². The monoisotopic (exact) mass is 330 g/mol. The second-order valence-corrected chi connectivity index (χ2v) is 6.80. The lowest BCUT2D eigenvalue weighted by Crippen LogP contribution is -2.44. The summed E-state index contributed by atoms with van der Waals surface area (Å²) in [7, 11) is 4.16. The molecular formula is C13H19BrN2OS. The Kier molecular flexibility index (Phi) is 4.95. The molecule has 2 heterocycles. The Morgan fingerprint density at radius 2 is 2.28 bits per heavy atom. The van der Waals surface area contributed by atoms with E-state index in [1.54, 1.807) is 11.3 Å². The zero-order valence-electron chi connectivity index (χ0n) is 10.9. The first-order valence-corrected chi connectivity index (χ1v) is 7.88. The third-order valence-corrected chi connectivity index (χ3v) is 5.39. The Morgan fingerprint density at radius 3 is 2.94 bits per heavy atom. The number of ketones is 1. The fourth-order valence-corrected chi connectivity index (χ4v) is 3.85. The lowest BCUT2D eigenvalue weighted by Gasteiger charge is -2.26. The molecule has 3 nitrogen and oxygen atoms in total. The minimum atomic E-state index is 0.0338. The summed E-state index contributed by atoms with van der Waals surface area (Å²) in [5, 5.41) is 2.02. The van der Waals surface area contributed by atoms with Crippen LogP contribution in [0.4, 0.5) is 0 Å². The van der Waals surface area contributed by atoms with E-state index in [9.17, 15) is 4.79 Å². The highest BCUT2D eigenvalue weighted by molar-refractivity contribution is 9.10. The number of likely N-dealkylation sites (N-methyl/N-ethyl adjacent to an activating group) is 2. The van der Waals surface area contributed by atoms with Gasteiger partial charge in [0.25, 0.3) is 0 Å². The van der Waals surface area contributed by atoms with Gasteiger partial charge in [-0.1, -0.05) is 0 Å². The quantitative estimate of drug-likeness (QED) is 0.849. The zero-order valence-corrected chi connectivity index (χ0v) is 13.3. The summed E-state index contributed by atoms with van der Waals surface area (Å²) >= 11 is 5.14. The average molecular weight is 331 g/mol. The molecule has 1 aromatic heterocycles. The molecule has 0 radical (unpaired) electrons. The number of carbonyl (C=O) groups excluding carboxylic acids is 1. The Bertz CT molecular complexity index is 421. The molecule has 1 saturated heterocycles. The molecule has 0 aromatic carbocycles. The van der Waals surface area contributed by atoms with E-state index in [-0.39, 0.29) is 6.04 Å². The molecule has 0 bridgehead atoms. The number of halogens is 1. The highest BCUT2D eigenvalue weighted by atomic mass is 79.9. The molecule has 0 aliphatic carbocycles. The second-order valence-electron chi connectivity index (χ2n) is 4.95. The van der Waals surface area contributed by atoms with E-state index in [2.05, 4.69) is 39.8 Å². The largest absolute Gasteiger partial charge is 0.304 e. The fraction of sp³-hybridized carbons (Fsp3) is 0.615. The van der Waals surface area contributed by atoms with Crippen molar-refractivity contribution in [2.75, 3.05) is 33.7 Å². The molecule has 1 atom stereocenters. The molecule has 18 heavy (non-hydrogen) atoms. The first-order chi connectivity index (χ1) is 8.58. The highest BCUT2D eigenvalue weighted by Gasteiger charge is 2.27. The van der Waals surface area contributed by atoms with Crippen molar-refractivity contribution in [2.24, 2.45) is 0 Å². The number of carbonyl (C=O) groups is 1. The molecule has 0 N–H and O–H groups in total. The molecule has 5 heteroatoms. The first kappa shape index (κ1) is 14.2. The summed E-state index contributed by atoms with van der Waals surface area (Å²) < 4.78 is 1.06. The van der Waals surface area contributed by atoms with Gasteiger partial charge < -0.3 is 4.90 Å². The molecule has 1 aliphatic heterocycles. The van der Waals surface area contributed by atoms with Crippen LogP contribution in [0.1, 0.15) is 11.3 Å². The minimum absolute atomic E-state index is 0.0338. The molecule has 1 unspecified atom stereocenters. The highest BCUT2D eigenvalue weighted by Crippen LogP contribution is 2.24. The predicted molar refractivity (Wildman–Crippen MR) is 79.3 cm³/mol. The third kappa shape index (κ3) is 3.41. The molecule has 0 amide bonds. The Balaban J connectivity index is 2.04. The summed E-state index contributed by atoms with van der Waals surface area (Å²) in [5.41, 5.74) is 0. The van der Waals surface area contributed by atoms with Crippen LogP contribution in [0.2, 0.25) is 0 Å². The van der Waals surface area contributed by atoms with E-state index in [0.717, 1.165) is 35.4 Å². The number of thiophene rings is 1. The Morgan fingerprint density at radius 1 is 1.50 bits per heavy atom. The smallest absolute Gasteiger partial charge is 0.156 e. The molecule has 0 saturated carbocycles. The van der Waals surface area contributed by atoms with Crippen LogP contribution in [-0.4, -0.2) is 55.4 Å². The van der Waals surface area contributed by atoms with Gasteiger partial charge in [0.15, 0.2) is 5.78 Å². The van der Waals surface area contributed by atoms with Gasteiger partial charge in [-0.15, -0.1) is 11.3 Å². The predicted octanol–water partition coefficient (Wildman–Crippen LogP) is 2.26. The standard InChI is InChI=1S/C13H19BrN2OS/c1-15-5-3-6-16(2)11(9-15)12(17)8-13-10(14)4-7-18-13/h4,7,11H,3,5-6,8-9H2,1-2H3. The average Bonchev–Trinajstić information content (AvgIpc) is 2.62. The molecule has 2 rings (SSSR count). The van der Waals surface area contributed by atoms with E-state index >= 15 is 0 Å². The van der Waals surface area contributed by atoms with Gasteiger partial charge >= 0.3 is 0 Å². The van der Waals surface area contributed by atoms with Crippen molar-refractivity contribution in [3.63, 3.8) is 0 Å². The van der Waals surface area contributed by atoms with Crippen LogP contribution in [0.15, 0.2) is 15.9 Å². The minimum Gasteiger partial charge on any atom is -0.304 e. The molecule has 1 fully saturated rings. The fourth-order valence-electron chi connectivity index (χ4n) is 2.35. The van der Waals surface area contributed by atoms with Crippen LogP contribution in [0.3, 0.4) is 0 Å². The van der Waals surface area contributed by atoms with Gasteiger partial charge in [0.05, 0.1) is 6.04 Å². The SMILES string of the molecule is CN1CCCN(C)C(C(=O)Cc2sccc2Br)C1. The van der Waals surface area contributed by atoms with Crippen molar-refractivity contribution < 1.29 is 4.79 Å². The number of nitrogens with zero attached hydrogens (tertiary/aromatic N) is 2. The summed E-state index contributed by atoms with van der Waals surface area (Å²) in [4.78, 5) is 18.0. The van der Waals surface area contributed by atoms with Gasteiger partial charge in [-0.05, 0) is 61.0 Å². The normalized spacial score (nSPS) is 22.9. The summed E-state index contributed by atoms with van der Waals surface area (Å²) in [6.07, 6.45) is 1.68. The van der Waals surface area contributed by atoms with E-state index in [0.29, 0.717) is 12.2 Å². The van der Waals surface area contributed by atoms with Crippen LogP contribution >= 0.6 is 27.3 Å². The zero-order chi connectivity index (χ0) is 13.1. The van der Waals surface area contributed by atoms with Crippen molar-refractivity contribution in [3.8, 4) is 0 Å². The Labute approximate surface area is 121 Å². The van der Waals surface area contributed by atoms with Crippen molar-refractivity contribution in [2.45, 2.75) is 18.9 Å². The van der Waals surface area contributed by atoms with E-state index in [4.69, 9.17) is 0 Å². The first-order valence-electron chi connectivity index (χ1n) is 6.21. The van der Waals surface area contributed by atoms with E-state index in [1.165, 1.54) is 0 Å². The van der Waals surface area contributed by atoms with E-state index < -0.39 is 0 Å². The van der Waals surface area contributed by atoms with Crippen LogP contribution in [-0.2, 0) is 11.2 Å². The maximum atomic E-state index is 12.4. The van der Waals surface area contributed by atoms with Gasteiger partial charge in [0.1, 0.15) is 0 Å². The number of Topliss-reactive ketones (excluding diaryl/α,β-unsaturated/α-hetero) is 1. The molecule has 100 valence electrons. The second kappa shape index (κ2) is 6.28. The summed E-state index contributed by atoms with van der Waals surface area (Å²) in [6.45, 7) is 2.93. The van der Waals surface area contributed by atoms with Crippen LogP contribution in [0.25, 0.3) is 0 Å². The number of hydrogen-bond donors (Lipinski definition) is 0. The lowest BCUT2D eigenvalue weighted by molar-refractivity contribution is -0.123.